The van der Waals surface area contributed by atoms with Crippen LogP contribution >= 0.6 is 11.8 Å². The molecule has 3 aromatic carbocycles. The van der Waals surface area contributed by atoms with E-state index in [9.17, 15) is 9.59 Å². The molecule has 1 amide bonds. The quantitative estimate of drug-likeness (QED) is 0.240. The molecule has 42 heavy (non-hydrogen) atoms. The van der Waals surface area contributed by atoms with Crippen molar-refractivity contribution in [2.75, 3.05) is 14.2 Å². The van der Waals surface area contributed by atoms with Crippen molar-refractivity contribution < 1.29 is 14.3 Å². The Kier molecular flexibility index (Phi) is 7.32. The lowest BCUT2D eigenvalue weighted by atomic mass is 10.1. The third-order valence-electron chi connectivity index (χ3n) is 6.76. The molecule has 0 radical (unpaired) electrons. The first-order chi connectivity index (χ1) is 20.4. The molecule has 210 valence electrons. The number of carbonyl (C=O) groups is 1. The van der Waals surface area contributed by atoms with Crippen LogP contribution in [0.3, 0.4) is 0 Å². The Balaban J connectivity index is 1.26. The molecule has 3 heterocycles. The second kappa shape index (κ2) is 11.4. The van der Waals surface area contributed by atoms with Crippen LogP contribution in [-0.2, 0) is 6.54 Å². The van der Waals surface area contributed by atoms with Gasteiger partial charge in [0.05, 0.1) is 36.6 Å². The molecule has 2 N–H and O–H groups in total. The van der Waals surface area contributed by atoms with Crippen LogP contribution in [0.5, 0.6) is 11.5 Å². The first kappa shape index (κ1) is 27.0. The SMILES string of the molecule is COc1ccc(CNC(=O)c2ccc(-n3c(=O)ccc4c(C)nc(Sc5nc6ccccc6[nH]5)nc43)cc2)cc1OC. The van der Waals surface area contributed by atoms with E-state index in [2.05, 4.69) is 20.3 Å². The largest absolute Gasteiger partial charge is 0.493 e. The van der Waals surface area contributed by atoms with Gasteiger partial charge in [0.1, 0.15) is 0 Å². The van der Waals surface area contributed by atoms with Crippen LogP contribution in [0.2, 0.25) is 0 Å². The van der Waals surface area contributed by atoms with Gasteiger partial charge in [0.2, 0.25) is 0 Å². The Labute approximate surface area is 244 Å². The minimum atomic E-state index is -0.246. The number of aromatic nitrogens is 5. The first-order valence-electron chi connectivity index (χ1n) is 13.1. The molecular weight excluding hydrogens is 552 g/mol. The Bertz CT molecular complexity index is 1970. The van der Waals surface area contributed by atoms with Crippen LogP contribution in [0, 0.1) is 6.92 Å². The molecule has 0 spiro atoms. The number of H-pyrrole nitrogens is 1. The number of carbonyl (C=O) groups excluding carboxylic acids is 1. The van der Waals surface area contributed by atoms with Crippen molar-refractivity contribution in [3.05, 3.63) is 106 Å². The van der Waals surface area contributed by atoms with Gasteiger partial charge in [-0.25, -0.2) is 15.0 Å². The monoisotopic (exact) mass is 578 g/mol. The van der Waals surface area contributed by atoms with E-state index in [-0.39, 0.29) is 11.5 Å². The van der Waals surface area contributed by atoms with E-state index in [4.69, 9.17) is 14.5 Å². The average Bonchev–Trinajstić information content (AvgIpc) is 3.42. The number of hydrogen-bond donors (Lipinski definition) is 2. The van der Waals surface area contributed by atoms with Crippen molar-refractivity contribution in [2.45, 2.75) is 23.8 Å². The third kappa shape index (κ3) is 5.29. The first-order valence-corrected chi connectivity index (χ1v) is 13.9. The fourth-order valence-electron chi connectivity index (χ4n) is 4.64. The van der Waals surface area contributed by atoms with E-state index in [1.165, 1.54) is 22.4 Å². The zero-order chi connectivity index (χ0) is 29.2. The van der Waals surface area contributed by atoms with Gasteiger partial charge in [0, 0.05) is 23.6 Å². The molecule has 0 saturated carbocycles. The van der Waals surface area contributed by atoms with Crippen LogP contribution in [0.4, 0.5) is 0 Å². The number of pyridine rings is 1. The molecule has 0 aliphatic rings. The van der Waals surface area contributed by atoms with Gasteiger partial charge in [-0.1, -0.05) is 18.2 Å². The highest BCUT2D eigenvalue weighted by atomic mass is 32.2. The zero-order valence-electron chi connectivity index (χ0n) is 23.0. The number of imidazole rings is 1. The molecule has 3 aromatic heterocycles. The number of ether oxygens (including phenoxy) is 2. The molecule has 6 aromatic rings. The summed E-state index contributed by atoms with van der Waals surface area (Å²) in [5, 5.41) is 4.78. The molecule has 0 fully saturated rings. The maximum Gasteiger partial charge on any atom is 0.256 e. The maximum atomic E-state index is 13.1. The highest BCUT2D eigenvalue weighted by Gasteiger charge is 2.15. The van der Waals surface area contributed by atoms with E-state index < -0.39 is 0 Å². The molecule has 11 heteroatoms. The van der Waals surface area contributed by atoms with Crippen LogP contribution < -0.4 is 20.3 Å². The Morgan fingerprint density at radius 1 is 0.929 bits per heavy atom. The van der Waals surface area contributed by atoms with Crippen molar-refractivity contribution in [3.63, 3.8) is 0 Å². The van der Waals surface area contributed by atoms with Crippen molar-refractivity contribution in [2.24, 2.45) is 0 Å². The number of nitrogens with one attached hydrogen (secondary N) is 2. The number of fused-ring (bicyclic) bond motifs is 2. The van der Waals surface area contributed by atoms with E-state index in [0.717, 1.165) is 27.7 Å². The average molecular weight is 579 g/mol. The summed E-state index contributed by atoms with van der Waals surface area (Å²) in [6.07, 6.45) is 0. The molecule has 10 nitrogen and oxygen atoms in total. The Morgan fingerprint density at radius 2 is 1.71 bits per heavy atom. The lowest BCUT2D eigenvalue weighted by Gasteiger charge is -2.13. The van der Waals surface area contributed by atoms with Crippen molar-refractivity contribution >= 4 is 39.7 Å². The van der Waals surface area contributed by atoms with Gasteiger partial charge in [-0.15, -0.1) is 0 Å². The molecular formula is C31H26N6O4S. The number of hydrogen-bond acceptors (Lipinski definition) is 8. The van der Waals surface area contributed by atoms with Crippen LogP contribution in [0.15, 0.2) is 94.0 Å². The topological polar surface area (TPSA) is 124 Å². The summed E-state index contributed by atoms with van der Waals surface area (Å²) >= 11 is 1.29. The lowest BCUT2D eigenvalue weighted by Crippen LogP contribution is -2.23. The molecule has 0 aliphatic heterocycles. The molecule has 0 atom stereocenters. The van der Waals surface area contributed by atoms with Crippen LogP contribution in [0.1, 0.15) is 21.6 Å². The molecule has 0 saturated heterocycles. The molecule has 0 unspecified atom stereocenters. The number of aryl methyl sites for hydroxylation is 1. The zero-order valence-corrected chi connectivity index (χ0v) is 23.9. The smallest absolute Gasteiger partial charge is 0.256 e. The summed E-state index contributed by atoms with van der Waals surface area (Å²) in [5.41, 5.74) is 4.64. The maximum absolute atomic E-state index is 13.1. The summed E-state index contributed by atoms with van der Waals surface area (Å²) in [5.74, 6) is 0.962. The fraction of sp³-hybridized carbons (Fsp3) is 0.129. The number of methoxy groups -OCH3 is 2. The summed E-state index contributed by atoms with van der Waals surface area (Å²) < 4.78 is 12.1. The number of amides is 1. The lowest BCUT2D eigenvalue weighted by molar-refractivity contribution is 0.0951. The van der Waals surface area contributed by atoms with Crippen LogP contribution in [0.25, 0.3) is 27.8 Å². The Morgan fingerprint density at radius 3 is 2.48 bits per heavy atom. The summed E-state index contributed by atoms with van der Waals surface area (Å²) in [6, 6.07) is 23.3. The summed E-state index contributed by atoms with van der Waals surface area (Å²) in [7, 11) is 3.14. The summed E-state index contributed by atoms with van der Waals surface area (Å²) in [4.78, 5) is 43.2. The van der Waals surface area contributed by atoms with Gasteiger partial charge in [0.25, 0.3) is 11.5 Å². The number of benzene rings is 3. The van der Waals surface area contributed by atoms with Crippen LogP contribution in [-0.4, -0.2) is 44.6 Å². The van der Waals surface area contributed by atoms with E-state index >= 15 is 0 Å². The third-order valence-corrected chi connectivity index (χ3v) is 7.52. The van der Waals surface area contributed by atoms with E-state index in [1.54, 1.807) is 50.6 Å². The summed E-state index contributed by atoms with van der Waals surface area (Å²) in [6.45, 7) is 2.19. The number of rotatable bonds is 8. The van der Waals surface area contributed by atoms with Gasteiger partial charge < -0.3 is 19.8 Å². The van der Waals surface area contributed by atoms with Gasteiger partial charge in [-0.3, -0.25) is 14.2 Å². The highest BCUT2D eigenvalue weighted by molar-refractivity contribution is 7.99. The van der Waals surface area contributed by atoms with Crippen molar-refractivity contribution in [1.82, 2.24) is 29.8 Å². The standard InChI is InChI=1S/C31H26N6O4S/c1-18-22-13-15-27(38)37(28(22)36-30(33-18)42-31-34-23-6-4-5-7-24(23)35-31)21-11-9-20(10-12-21)29(39)32-17-19-8-14-25(40-2)26(16-19)41-3/h4-16H,17H2,1-3H3,(H,32,39)(H,34,35). The second-order valence-corrected chi connectivity index (χ2v) is 10.4. The predicted molar refractivity (Wildman–Crippen MR) is 161 cm³/mol. The minimum absolute atomic E-state index is 0.244. The van der Waals surface area contributed by atoms with Gasteiger partial charge in [-0.05, 0) is 78.8 Å². The minimum Gasteiger partial charge on any atom is -0.493 e. The highest BCUT2D eigenvalue weighted by Crippen LogP contribution is 2.28. The van der Waals surface area contributed by atoms with Gasteiger partial charge in [0.15, 0.2) is 27.5 Å². The number of aromatic amines is 1. The van der Waals surface area contributed by atoms with Gasteiger partial charge in [-0.2, -0.15) is 0 Å². The van der Waals surface area contributed by atoms with E-state index in [1.807, 2.05) is 43.3 Å². The van der Waals surface area contributed by atoms with Gasteiger partial charge >= 0.3 is 0 Å². The Hall–Kier alpha value is -5.16. The normalized spacial score (nSPS) is 11.1. The molecule has 6 rings (SSSR count). The predicted octanol–water partition coefficient (Wildman–Crippen LogP) is 5.06. The van der Waals surface area contributed by atoms with Crippen molar-refractivity contribution in [3.8, 4) is 17.2 Å². The number of para-hydroxylation sites is 2. The molecule has 0 aliphatic carbocycles. The van der Waals surface area contributed by atoms with E-state index in [0.29, 0.717) is 45.3 Å². The second-order valence-electron chi connectivity index (χ2n) is 9.42. The van der Waals surface area contributed by atoms with Crippen molar-refractivity contribution in [1.29, 1.82) is 0 Å². The number of nitrogens with zero attached hydrogens (tertiary/aromatic N) is 4. The molecule has 0 bridgehead atoms. The fourth-order valence-corrected chi connectivity index (χ4v) is 5.43.